The van der Waals surface area contributed by atoms with Crippen LogP contribution in [0.3, 0.4) is 0 Å². The number of allylic oxidation sites excluding steroid dienone is 1. The van der Waals surface area contributed by atoms with Gasteiger partial charge in [-0.3, -0.25) is 4.79 Å². The van der Waals surface area contributed by atoms with Crippen molar-refractivity contribution in [3.63, 3.8) is 0 Å². The number of benzene rings is 1. The first-order valence-corrected chi connectivity index (χ1v) is 12.4. The summed E-state index contributed by atoms with van der Waals surface area (Å²) in [6.45, 7) is 4.99. The van der Waals surface area contributed by atoms with Crippen LogP contribution in [0.15, 0.2) is 36.4 Å². The minimum Gasteiger partial charge on any atom is -0.393 e. The monoisotopic (exact) mass is 406 g/mol. The van der Waals surface area contributed by atoms with Gasteiger partial charge in [0, 0.05) is 5.92 Å². The molecule has 0 aromatic heterocycles. The number of carbonyl (C=O) groups is 1. The van der Waals surface area contributed by atoms with E-state index in [1.54, 1.807) is 0 Å². The highest BCUT2D eigenvalue weighted by Crippen LogP contribution is 2.67. The Morgan fingerprint density at radius 3 is 2.47 bits per heavy atom. The highest BCUT2D eigenvalue weighted by atomic mass is 16.3. The fraction of sp³-hybridized carbons (Fsp3) is 0.679. The number of hydrogen-bond donors (Lipinski definition) is 1. The zero-order valence-corrected chi connectivity index (χ0v) is 18.7. The highest BCUT2D eigenvalue weighted by molar-refractivity contribution is 5.96. The number of hydrogen-bond acceptors (Lipinski definition) is 2. The lowest BCUT2D eigenvalue weighted by Crippen LogP contribution is -2.54. The molecule has 30 heavy (non-hydrogen) atoms. The predicted octanol–water partition coefficient (Wildman–Crippen LogP) is 6.29. The van der Waals surface area contributed by atoms with Crippen LogP contribution in [0.2, 0.25) is 0 Å². The molecule has 4 saturated carbocycles. The van der Waals surface area contributed by atoms with E-state index in [4.69, 9.17) is 0 Å². The van der Waals surface area contributed by atoms with Crippen molar-refractivity contribution in [1.82, 2.24) is 0 Å². The molecule has 1 aromatic carbocycles. The molecule has 1 aromatic rings. The van der Waals surface area contributed by atoms with E-state index < -0.39 is 0 Å². The average molecular weight is 407 g/mol. The molecule has 0 saturated heterocycles. The van der Waals surface area contributed by atoms with Crippen LogP contribution in [0.25, 0.3) is 6.08 Å². The predicted molar refractivity (Wildman–Crippen MR) is 122 cm³/mol. The van der Waals surface area contributed by atoms with Gasteiger partial charge in [-0.1, -0.05) is 50.3 Å². The van der Waals surface area contributed by atoms with Crippen molar-refractivity contribution in [2.45, 2.75) is 77.7 Å². The smallest absolute Gasteiger partial charge is 0.159 e. The number of carbonyl (C=O) groups excluding carboxylic acids is 1. The molecule has 4 aliphatic carbocycles. The maximum absolute atomic E-state index is 13.3. The van der Waals surface area contributed by atoms with E-state index in [2.05, 4.69) is 26.0 Å². The van der Waals surface area contributed by atoms with Crippen LogP contribution in [0.1, 0.15) is 77.2 Å². The molecule has 0 radical (unpaired) electrons. The summed E-state index contributed by atoms with van der Waals surface area (Å²) in [6.07, 6.45) is 14.4. The Morgan fingerprint density at radius 2 is 1.67 bits per heavy atom. The van der Waals surface area contributed by atoms with Crippen molar-refractivity contribution in [2.75, 3.05) is 0 Å². The molecule has 2 nitrogen and oxygen atoms in total. The molecule has 4 fully saturated rings. The summed E-state index contributed by atoms with van der Waals surface area (Å²) in [7, 11) is 0. The summed E-state index contributed by atoms with van der Waals surface area (Å²) < 4.78 is 0. The fourth-order valence-corrected chi connectivity index (χ4v) is 8.56. The number of aliphatic hydroxyl groups is 1. The number of fused-ring (bicyclic) bond motifs is 5. The molecule has 8 atom stereocenters. The van der Waals surface area contributed by atoms with Gasteiger partial charge in [-0.25, -0.2) is 0 Å². The van der Waals surface area contributed by atoms with E-state index in [0.29, 0.717) is 23.0 Å². The molecule has 0 unspecified atom stereocenters. The molecule has 4 aliphatic rings. The van der Waals surface area contributed by atoms with Gasteiger partial charge in [-0.15, -0.1) is 0 Å². The van der Waals surface area contributed by atoms with E-state index in [9.17, 15) is 9.90 Å². The molecular formula is C28H38O2. The van der Waals surface area contributed by atoms with Crippen LogP contribution >= 0.6 is 0 Å². The lowest BCUT2D eigenvalue weighted by atomic mass is 9.44. The van der Waals surface area contributed by atoms with Crippen molar-refractivity contribution in [2.24, 2.45) is 40.4 Å². The second-order valence-corrected chi connectivity index (χ2v) is 11.4. The van der Waals surface area contributed by atoms with E-state index in [-0.39, 0.29) is 17.4 Å². The molecule has 0 amide bonds. The van der Waals surface area contributed by atoms with Crippen LogP contribution in [-0.4, -0.2) is 17.0 Å². The second-order valence-electron chi connectivity index (χ2n) is 11.4. The summed E-state index contributed by atoms with van der Waals surface area (Å²) in [6, 6.07) is 10.2. The number of ketones is 1. The molecule has 1 N–H and O–H groups in total. The SMILES string of the molecule is C[C@]12CC[C@H](O)C[C@@H]1CC[C@H]1[C@H]2CC[C@@]2(C)[C@@H]1CC[C@H]2C(=O)/C=C/c1ccccc1. The quantitative estimate of drug-likeness (QED) is 0.599. The van der Waals surface area contributed by atoms with Gasteiger partial charge in [0.1, 0.15) is 0 Å². The van der Waals surface area contributed by atoms with Crippen molar-refractivity contribution < 1.29 is 9.90 Å². The van der Waals surface area contributed by atoms with E-state index in [1.165, 1.54) is 38.5 Å². The minimum atomic E-state index is -0.0710. The molecule has 0 heterocycles. The highest BCUT2D eigenvalue weighted by Gasteiger charge is 2.60. The summed E-state index contributed by atoms with van der Waals surface area (Å²) in [5.41, 5.74) is 1.70. The van der Waals surface area contributed by atoms with Crippen molar-refractivity contribution >= 4 is 11.9 Å². The first-order valence-electron chi connectivity index (χ1n) is 12.4. The van der Waals surface area contributed by atoms with Crippen LogP contribution in [0, 0.1) is 40.4 Å². The lowest BCUT2D eigenvalue weighted by molar-refractivity contribution is -0.136. The first-order chi connectivity index (χ1) is 14.4. The van der Waals surface area contributed by atoms with Gasteiger partial charge in [0.25, 0.3) is 0 Å². The van der Waals surface area contributed by atoms with Crippen LogP contribution < -0.4 is 0 Å². The third-order valence-electron chi connectivity index (χ3n) is 10.2. The van der Waals surface area contributed by atoms with Crippen molar-refractivity contribution in [1.29, 1.82) is 0 Å². The topological polar surface area (TPSA) is 37.3 Å². The average Bonchev–Trinajstić information content (AvgIpc) is 3.10. The van der Waals surface area contributed by atoms with E-state index in [0.717, 1.165) is 36.7 Å². The third kappa shape index (κ3) is 3.22. The van der Waals surface area contributed by atoms with Crippen LogP contribution in [-0.2, 0) is 4.79 Å². The summed E-state index contributed by atoms with van der Waals surface area (Å²) in [4.78, 5) is 13.3. The number of aliphatic hydroxyl groups excluding tert-OH is 1. The summed E-state index contributed by atoms with van der Waals surface area (Å²) in [5, 5.41) is 10.2. The Balaban J connectivity index is 1.34. The van der Waals surface area contributed by atoms with Gasteiger partial charge in [0.05, 0.1) is 6.10 Å². The van der Waals surface area contributed by atoms with Gasteiger partial charge < -0.3 is 5.11 Å². The second kappa shape index (κ2) is 7.62. The van der Waals surface area contributed by atoms with E-state index in [1.807, 2.05) is 30.4 Å². The Kier molecular flexibility index (Phi) is 5.21. The van der Waals surface area contributed by atoms with E-state index >= 15 is 0 Å². The molecule has 0 aliphatic heterocycles. The Bertz CT molecular complexity index is 813. The Labute approximate surface area is 182 Å². The van der Waals surface area contributed by atoms with Gasteiger partial charge >= 0.3 is 0 Å². The molecule has 162 valence electrons. The largest absolute Gasteiger partial charge is 0.393 e. The molecule has 0 spiro atoms. The third-order valence-corrected chi connectivity index (χ3v) is 10.2. The maximum Gasteiger partial charge on any atom is 0.159 e. The van der Waals surface area contributed by atoms with Crippen molar-refractivity contribution in [3.8, 4) is 0 Å². The summed E-state index contributed by atoms with van der Waals surface area (Å²) >= 11 is 0. The Hall–Kier alpha value is -1.41. The summed E-state index contributed by atoms with van der Waals surface area (Å²) in [5.74, 6) is 3.55. The maximum atomic E-state index is 13.3. The molecule has 2 heteroatoms. The normalized spacial score (nSPS) is 45.6. The molecule has 5 rings (SSSR count). The molecular weight excluding hydrogens is 368 g/mol. The van der Waals surface area contributed by atoms with Gasteiger partial charge in [0.2, 0.25) is 0 Å². The first kappa shape index (κ1) is 20.5. The Morgan fingerprint density at radius 1 is 0.933 bits per heavy atom. The van der Waals surface area contributed by atoms with Gasteiger partial charge in [-0.05, 0) is 104 Å². The standard InChI is InChI=1S/C28H38O2/c1-27-16-14-21(29)18-20(27)9-10-22-23-11-12-25(28(23,2)17-15-24(22)27)26(30)13-8-19-6-4-3-5-7-19/h3-8,13,20-25,29H,9-12,14-18H2,1-2H3/b13-8+/t20-,21-,22+,23+,24+,25-,27-,28-/m0/s1. The van der Waals surface area contributed by atoms with Crippen LogP contribution in [0.4, 0.5) is 0 Å². The fourth-order valence-electron chi connectivity index (χ4n) is 8.56. The van der Waals surface area contributed by atoms with Crippen LogP contribution in [0.5, 0.6) is 0 Å². The molecule has 0 bridgehead atoms. The zero-order chi connectivity index (χ0) is 20.9. The van der Waals surface area contributed by atoms with Gasteiger partial charge in [-0.2, -0.15) is 0 Å². The van der Waals surface area contributed by atoms with Gasteiger partial charge in [0.15, 0.2) is 5.78 Å². The lowest BCUT2D eigenvalue weighted by Gasteiger charge is -2.60. The minimum absolute atomic E-state index is 0.0710. The number of rotatable bonds is 3. The van der Waals surface area contributed by atoms with Crippen molar-refractivity contribution in [3.05, 3.63) is 42.0 Å². The zero-order valence-electron chi connectivity index (χ0n) is 18.7.